The maximum atomic E-state index is 13.8. The van der Waals surface area contributed by atoms with Crippen LogP contribution >= 0.6 is 11.3 Å². The van der Waals surface area contributed by atoms with E-state index in [1.165, 1.54) is 11.3 Å². The van der Waals surface area contributed by atoms with E-state index in [4.69, 9.17) is 15.2 Å². The molecule has 3 saturated heterocycles. The fraction of sp³-hybridized carbons (Fsp3) is 0.581. The van der Waals surface area contributed by atoms with Crippen LogP contribution < -0.4 is 11.1 Å². The Labute approximate surface area is 246 Å². The van der Waals surface area contributed by atoms with Gasteiger partial charge in [-0.05, 0) is 90.6 Å². The van der Waals surface area contributed by atoms with Gasteiger partial charge in [0.05, 0.1) is 11.0 Å². The number of likely N-dealkylation sites (tertiary alicyclic amines) is 2. The number of nitrogens with zero attached hydrogens (tertiary/aromatic N) is 2. The lowest BCUT2D eigenvalue weighted by atomic mass is 9.74. The number of ether oxygens (including phenoxy) is 2. The van der Waals surface area contributed by atoms with E-state index in [-0.39, 0.29) is 11.9 Å². The number of thiophene rings is 1. The van der Waals surface area contributed by atoms with Crippen LogP contribution in [0.25, 0.3) is 10.4 Å². The van der Waals surface area contributed by atoms with Gasteiger partial charge in [0.1, 0.15) is 16.2 Å². The van der Waals surface area contributed by atoms with Crippen LogP contribution in [0.4, 0.5) is 15.5 Å². The van der Waals surface area contributed by atoms with Crippen LogP contribution in [0.2, 0.25) is 0 Å². The molecule has 4 heterocycles. The van der Waals surface area contributed by atoms with Gasteiger partial charge in [0.2, 0.25) is 0 Å². The molecule has 1 atom stereocenters. The third-order valence-corrected chi connectivity index (χ3v) is 9.31. The number of carbonyl (C=O) groups is 3. The topological polar surface area (TPSA) is 114 Å². The molecule has 1 aromatic heterocycles. The summed E-state index contributed by atoms with van der Waals surface area (Å²) in [5.74, 6) is -0.164. The zero-order chi connectivity index (χ0) is 29.6. The van der Waals surface area contributed by atoms with E-state index in [1.807, 2.05) is 49.1 Å². The molecule has 222 valence electrons. The molecule has 41 heavy (non-hydrogen) atoms. The Morgan fingerprint density at radius 2 is 1.80 bits per heavy atom. The van der Waals surface area contributed by atoms with Crippen molar-refractivity contribution >= 4 is 40.0 Å². The number of nitrogen functional groups attached to an aromatic ring is 1. The van der Waals surface area contributed by atoms with E-state index < -0.39 is 22.7 Å². The van der Waals surface area contributed by atoms with Crippen molar-refractivity contribution in [2.45, 2.75) is 84.0 Å². The summed E-state index contributed by atoms with van der Waals surface area (Å²) in [6, 6.07) is 9.62. The number of hydrogen-bond acceptors (Lipinski definition) is 8. The predicted molar refractivity (Wildman–Crippen MR) is 161 cm³/mol. The molecule has 0 bridgehead atoms. The first-order valence-corrected chi connectivity index (χ1v) is 15.3. The minimum atomic E-state index is -0.662. The minimum absolute atomic E-state index is 0.0563. The SMILES string of the molecule is CC(C)(C)OC(=O)Nc1sc(-c2ccc(N)cc2)cc1C(=O)N1CCC(N2CCCC3(C2)CC(C)(C)OC3=O)CC1. The summed E-state index contributed by atoms with van der Waals surface area (Å²) in [4.78, 5) is 44.5. The highest BCUT2D eigenvalue weighted by Gasteiger charge is 2.54. The molecule has 10 heteroatoms. The molecular formula is C31H42N4O5S. The van der Waals surface area contributed by atoms with Gasteiger partial charge in [-0.2, -0.15) is 0 Å². The van der Waals surface area contributed by atoms with Crippen LogP contribution in [-0.2, 0) is 14.3 Å². The van der Waals surface area contributed by atoms with E-state index in [9.17, 15) is 14.4 Å². The van der Waals surface area contributed by atoms with Gasteiger partial charge in [-0.25, -0.2) is 4.79 Å². The normalized spacial score (nSPS) is 23.4. The molecule has 3 aliphatic heterocycles. The molecule has 1 spiro atoms. The van der Waals surface area contributed by atoms with E-state index in [0.717, 1.165) is 55.6 Å². The van der Waals surface area contributed by atoms with Crippen LogP contribution in [0.1, 0.15) is 77.1 Å². The van der Waals surface area contributed by atoms with Crippen LogP contribution in [-0.4, -0.2) is 71.2 Å². The maximum Gasteiger partial charge on any atom is 0.412 e. The van der Waals surface area contributed by atoms with E-state index in [2.05, 4.69) is 10.2 Å². The van der Waals surface area contributed by atoms with Crippen LogP contribution in [0.5, 0.6) is 0 Å². The molecule has 3 N–H and O–H groups in total. The van der Waals surface area contributed by atoms with E-state index >= 15 is 0 Å². The van der Waals surface area contributed by atoms with Gasteiger partial charge in [0.15, 0.2) is 0 Å². The molecule has 1 unspecified atom stereocenters. The number of cyclic esters (lactones) is 1. The zero-order valence-corrected chi connectivity index (χ0v) is 25.6. The molecule has 1 aromatic carbocycles. The van der Waals surface area contributed by atoms with E-state index in [0.29, 0.717) is 35.4 Å². The van der Waals surface area contributed by atoms with Crippen LogP contribution in [0.15, 0.2) is 30.3 Å². The van der Waals surface area contributed by atoms with Crippen molar-refractivity contribution < 1.29 is 23.9 Å². The molecule has 0 radical (unpaired) electrons. The summed E-state index contributed by atoms with van der Waals surface area (Å²) in [6.45, 7) is 12.3. The summed E-state index contributed by atoms with van der Waals surface area (Å²) >= 11 is 1.35. The first kappa shape index (κ1) is 29.4. The van der Waals surface area contributed by atoms with Crippen molar-refractivity contribution in [2.24, 2.45) is 5.41 Å². The number of benzene rings is 1. The number of anilines is 2. The Morgan fingerprint density at radius 3 is 2.41 bits per heavy atom. The quantitative estimate of drug-likeness (QED) is 0.348. The number of esters is 1. The van der Waals surface area contributed by atoms with Crippen molar-refractivity contribution in [2.75, 3.05) is 37.2 Å². The second-order valence-electron chi connectivity index (χ2n) is 13.3. The Morgan fingerprint density at radius 1 is 1.12 bits per heavy atom. The fourth-order valence-corrected chi connectivity index (χ4v) is 7.55. The average Bonchev–Trinajstić information content (AvgIpc) is 3.39. The molecule has 3 aliphatic rings. The van der Waals surface area contributed by atoms with Gasteiger partial charge in [-0.15, -0.1) is 11.3 Å². The zero-order valence-electron chi connectivity index (χ0n) is 24.7. The monoisotopic (exact) mass is 582 g/mol. The van der Waals surface area contributed by atoms with Crippen molar-refractivity contribution in [1.29, 1.82) is 0 Å². The number of nitrogens with two attached hydrogens (primary N) is 1. The van der Waals surface area contributed by atoms with Crippen LogP contribution in [0.3, 0.4) is 0 Å². The standard InChI is InChI=1S/C31H42N4O5S/c1-29(2,3)40-28(38)33-25-23(17-24(41-25)20-7-9-21(32)10-8-20)26(36)34-15-11-22(12-16-34)35-14-6-13-31(19-35)18-30(4,5)39-27(31)37/h7-10,17,22H,6,11-16,18-19,32H2,1-5H3,(H,33,38). The molecule has 0 saturated carbocycles. The molecule has 2 aromatic rings. The largest absolute Gasteiger partial charge is 0.459 e. The van der Waals surface area contributed by atoms with Gasteiger partial charge >= 0.3 is 12.1 Å². The molecule has 3 fully saturated rings. The second-order valence-corrected chi connectivity index (χ2v) is 14.4. The van der Waals surface area contributed by atoms with Crippen molar-refractivity contribution in [1.82, 2.24) is 9.80 Å². The van der Waals surface area contributed by atoms with Crippen molar-refractivity contribution in [3.05, 3.63) is 35.9 Å². The molecule has 0 aliphatic carbocycles. The van der Waals surface area contributed by atoms with E-state index in [1.54, 1.807) is 20.8 Å². The highest BCUT2D eigenvalue weighted by molar-refractivity contribution is 7.20. The molecule has 2 amide bonds. The summed E-state index contributed by atoms with van der Waals surface area (Å²) in [5.41, 5.74) is 6.42. The highest BCUT2D eigenvalue weighted by Crippen LogP contribution is 2.47. The summed E-state index contributed by atoms with van der Waals surface area (Å²) < 4.78 is 11.2. The lowest BCUT2D eigenvalue weighted by Crippen LogP contribution is -2.53. The number of hydrogen-bond donors (Lipinski definition) is 2. The lowest BCUT2D eigenvalue weighted by Gasteiger charge is -2.44. The van der Waals surface area contributed by atoms with Gasteiger partial charge < -0.3 is 20.1 Å². The fourth-order valence-electron chi connectivity index (χ4n) is 6.51. The summed E-state index contributed by atoms with van der Waals surface area (Å²) in [6.07, 6.45) is 3.70. The smallest absolute Gasteiger partial charge is 0.412 e. The first-order chi connectivity index (χ1) is 19.2. The molecule has 5 rings (SSSR count). The Bertz CT molecular complexity index is 1310. The Hall–Kier alpha value is -3.11. The third-order valence-electron chi connectivity index (χ3n) is 8.21. The maximum absolute atomic E-state index is 13.8. The van der Waals surface area contributed by atoms with Crippen LogP contribution in [0, 0.1) is 5.41 Å². The van der Waals surface area contributed by atoms with Gasteiger partial charge in [0, 0.05) is 42.7 Å². The van der Waals surface area contributed by atoms with Gasteiger partial charge in [0.25, 0.3) is 5.91 Å². The number of carbonyl (C=O) groups excluding carboxylic acids is 3. The molecular weight excluding hydrogens is 540 g/mol. The Kier molecular flexibility index (Phi) is 7.84. The number of amides is 2. The molecule has 9 nitrogen and oxygen atoms in total. The number of rotatable bonds is 4. The second kappa shape index (κ2) is 10.9. The van der Waals surface area contributed by atoms with Crippen molar-refractivity contribution in [3.8, 4) is 10.4 Å². The average molecular weight is 583 g/mol. The van der Waals surface area contributed by atoms with Gasteiger partial charge in [-0.3, -0.25) is 19.8 Å². The van der Waals surface area contributed by atoms with Gasteiger partial charge in [-0.1, -0.05) is 12.1 Å². The summed E-state index contributed by atoms with van der Waals surface area (Å²) in [5, 5.41) is 3.29. The number of piperidine rings is 2. The number of nitrogens with one attached hydrogen (secondary N) is 1. The predicted octanol–water partition coefficient (Wildman–Crippen LogP) is 5.76. The lowest BCUT2D eigenvalue weighted by molar-refractivity contribution is -0.154. The Balaban J connectivity index is 1.29. The first-order valence-electron chi connectivity index (χ1n) is 14.5. The minimum Gasteiger partial charge on any atom is -0.459 e. The highest BCUT2D eigenvalue weighted by atomic mass is 32.1. The summed E-state index contributed by atoms with van der Waals surface area (Å²) in [7, 11) is 0. The van der Waals surface area contributed by atoms with Crippen molar-refractivity contribution in [3.63, 3.8) is 0 Å². The third kappa shape index (κ3) is 6.54.